The molecular weight excluding hydrogens is 722 g/mol. The van der Waals surface area contributed by atoms with E-state index in [0.717, 1.165) is 6.42 Å². The number of methoxy groups -OCH3 is 2. The summed E-state index contributed by atoms with van der Waals surface area (Å²) in [6.45, 7) is 4.35. The van der Waals surface area contributed by atoms with Gasteiger partial charge >= 0.3 is 6.09 Å². The zero-order chi connectivity index (χ0) is 38.8. The highest BCUT2D eigenvalue weighted by Crippen LogP contribution is 2.46. The molecule has 0 spiro atoms. The molecule has 2 aliphatic carbocycles. The summed E-state index contributed by atoms with van der Waals surface area (Å²) in [6, 6.07) is 2.92. The number of rotatable bonds is 11. The zero-order valence-electron chi connectivity index (χ0n) is 30.9. The normalized spacial score (nSPS) is 29.4. The molecule has 3 fully saturated rings. The Morgan fingerprint density at radius 3 is 2.57 bits per heavy atom. The van der Waals surface area contributed by atoms with E-state index in [1.807, 2.05) is 19.1 Å². The molecule has 16 nitrogen and oxygen atoms in total. The van der Waals surface area contributed by atoms with E-state index in [1.165, 1.54) is 11.1 Å². The van der Waals surface area contributed by atoms with Crippen molar-refractivity contribution in [2.45, 2.75) is 87.8 Å². The van der Waals surface area contributed by atoms with Gasteiger partial charge in [-0.05, 0) is 68.6 Å². The molecule has 3 heterocycles. The van der Waals surface area contributed by atoms with Gasteiger partial charge in [0.15, 0.2) is 0 Å². The van der Waals surface area contributed by atoms with Crippen LogP contribution < -0.4 is 29.6 Å². The van der Waals surface area contributed by atoms with Gasteiger partial charge in [0.05, 0.1) is 31.7 Å². The molecule has 4 N–H and O–H groups in total. The number of benzene rings is 1. The van der Waals surface area contributed by atoms with Gasteiger partial charge in [0.25, 0.3) is 5.91 Å². The van der Waals surface area contributed by atoms with Gasteiger partial charge in [-0.1, -0.05) is 26.0 Å². The van der Waals surface area contributed by atoms with E-state index >= 15 is 0 Å². The zero-order valence-corrected chi connectivity index (χ0v) is 31.7. The van der Waals surface area contributed by atoms with Gasteiger partial charge in [0.2, 0.25) is 27.7 Å². The smallest absolute Gasteiger partial charge is 0.405 e. The average molecular weight is 772 g/mol. The molecule has 2 saturated carbocycles. The van der Waals surface area contributed by atoms with E-state index in [0.29, 0.717) is 54.6 Å². The summed E-state index contributed by atoms with van der Waals surface area (Å²) >= 11 is 0. The van der Waals surface area contributed by atoms with Crippen LogP contribution in [0.3, 0.4) is 0 Å². The Kier molecular flexibility index (Phi) is 11.6. The van der Waals surface area contributed by atoms with E-state index in [-0.39, 0.29) is 37.8 Å². The molecule has 17 heteroatoms. The fourth-order valence-corrected chi connectivity index (χ4v) is 8.89. The molecule has 1 saturated heterocycles. The molecule has 0 unspecified atom stereocenters. The quantitative estimate of drug-likeness (QED) is 0.192. The van der Waals surface area contributed by atoms with Crippen LogP contribution in [-0.2, 0) is 29.1 Å². The van der Waals surface area contributed by atoms with Crippen molar-refractivity contribution in [1.29, 1.82) is 0 Å². The van der Waals surface area contributed by atoms with Crippen LogP contribution in [0.1, 0.15) is 58.8 Å². The maximum absolute atomic E-state index is 14.4. The minimum Gasteiger partial charge on any atom is -0.497 e. The van der Waals surface area contributed by atoms with E-state index in [2.05, 4.69) is 20.3 Å². The highest BCUT2D eigenvalue weighted by Gasteiger charge is 2.62. The molecule has 54 heavy (non-hydrogen) atoms. The van der Waals surface area contributed by atoms with Gasteiger partial charge in [-0.25, -0.2) is 18.2 Å². The van der Waals surface area contributed by atoms with Gasteiger partial charge in [-0.3, -0.25) is 19.1 Å². The molecule has 0 radical (unpaired) electrons. The summed E-state index contributed by atoms with van der Waals surface area (Å²) in [7, 11) is -0.811. The highest BCUT2D eigenvalue weighted by atomic mass is 32.2. The van der Waals surface area contributed by atoms with Crippen LogP contribution >= 0.6 is 0 Å². The number of hydrogen-bond donors (Lipinski definition) is 4. The Bertz CT molecular complexity index is 1900. The van der Waals surface area contributed by atoms with Crippen molar-refractivity contribution in [3.63, 3.8) is 0 Å². The molecule has 6 rings (SSSR count). The Morgan fingerprint density at radius 2 is 1.87 bits per heavy atom. The van der Waals surface area contributed by atoms with Crippen LogP contribution in [0.4, 0.5) is 4.79 Å². The number of fused-ring (bicyclic) bond motifs is 3. The number of nitrogens with one attached hydrogen (secondary N) is 3. The van der Waals surface area contributed by atoms with Gasteiger partial charge < -0.3 is 39.6 Å². The van der Waals surface area contributed by atoms with Crippen molar-refractivity contribution in [2.75, 3.05) is 34.0 Å². The van der Waals surface area contributed by atoms with Crippen LogP contribution in [0.15, 0.2) is 36.5 Å². The van der Waals surface area contributed by atoms with E-state index in [1.54, 1.807) is 39.3 Å². The topological polar surface area (TPSA) is 212 Å². The number of carbonyl (C=O) groups excluding carboxylic acids is 3. The van der Waals surface area contributed by atoms with Gasteiger partial charge in [-0.15, -0.1) is 0 Å². The summed E-state index contributed by atoms with van der Waals surface area (Å²) in [4.78, 5) is 60.3. The number of carbonyl (C=O) groups is 4. The molecular formula is C37H49N5O11S. The number of sulfonamides is 1. The summed E-state index contributed by atoms with van der Waals surface area (Å²) < 4.78 is 50.7. The fourth-order valence-electron chi connectivity index (χ4n) is 7.53. The Morgan fingerprint density at radius 1 is 1.09 bits per heavy atom. The van der Waals surface area contributed by atoms with Crippen molar-refractivity contribution in [2.24, 2.45) is 17.8 Å². The molecule has 4 amide bonds. The molecule has 7 atom stereocenters. The first-order valence-corrected chi connectivity index (χ1v) is 19.9. The lowest BCUT2D eigenvalue weighted by Crippen LogP contribution is -2.59. The molecule has 1 aromatic heterocycles. The fraction of sp³-hybridized carbons (Fsp3) is 0.595. The molecule has 294 valence electrons. The Labute approximate surface area is 314 Å². The highest BCUT2D eigenvalue weighted by molar-refractivity contribution is 7.91. The average Bonchev–Trinajstić information content (AvgIpc) is 4.06. The standard InChI is InChI=1S/C37H49N5O11S/c1-21-7-5-6-8-23-18-37(23,35(45)41-54(48,49)26-10-11-26)40-32(43)29-17-25(20-42(29)34(44)31(22(2)15-21)39-36(46)47)53-33-27-12-9-24(51-4)16-28(27)30(19-38-33)52-14-13-50-3/h6,8-9,12,16,19,21-23,25-26,29,31,39H,5,7,10-11,13-15,17-18,20H2,1-4H3,(H,40,43)(H,41,45)(H,46,47)/b8-6-/t21-,22-,23-,25-,29+,31+,37-/m1/s1. The number of ether oxygens (including phenoxy) is 4. The van der Waals surface area contributed by atoms with Crippen molar-refractivity contribution in [1.82, 2.24) is 25.2 Å². The lowest BCUT2D eigenvalue weighted by Gasteiger charge is -2.32. The predicted molar refractivity (Wildman–Crippen MR) is 196 cm³/mol. The summed E-state index contributed by atoms with van der Waals surface area (Å²) in [6.07, 6.45) is 6.07. The number of allylic oxidation sites excluding steroid dienone is 1. The maximum Gasteiger partial charge on any atom is 0.405 e. The van der Waals surface area contributed by atoms with Gasteiger partial charge in [-0.2, -0.15) is 0 Å². The number of hydrogen-bond acceptors (Lipinski definition) is 11. The molecule has 1 aromatic carbocycles. The maximum atomic E-state index is 14.4. The summed E-state index contributed by atoms with van der Waals surface area (Å²) in [5.74, 6) is -1.64. The predicted octanol–water partition coefficient (Wildman–Crippen LogP) is 2.75. The molecule has 2 aromatic rings. The summed E-state index contributed by atoms with van der Waals surface area (Å²) in [5, 5.41) is 15.6. The van der Waals surface area contributed by atoms with Crippen LogP contribution in [-0.4, -0.2) is 110 Å². The van der Waals surface area contributed by atoms with Crippen molar-refractivity contribution >= 4 is 44.6 Å². The number of amides is 4. The van der Waals surface area contributed by atoms with Crippen molar-refractivity contribution < 1.29 is 51.6 Å². The minimum atomic E-state index is -3.92. The first-order valence-electron chi connectivity index (χ1n) is 18.4. The molecule has 4 aliphatic rings. The van der Waals surface area contributed by atoms with Crippen LogP contribution in [0.5, 0.6) is 17.4 Å². The van der Waals surface area contributed by atoms with Gasteiger partial charge in [0.1, 0.15) is 41.8 Å². The Hall–Kier alpha value is -4.64. The first-order chi connectivity index (χ1) is 25.8. The number of pyridine rings is 1. The van der Waals surface area contributed by atoms with Crippen molar-refractivity contribution in [3.8, 4) is 17.4 Å². The lowest BCUT2D eigenvalue weighted by atomic mass is 9.88. The summed E-state index contributed by atoms with van der Waals surface area (Å²) in [5.41, 5.74) is -1.55. The van der Waals surface area contributed by atoms with Crippen molar-refractivity contribution in [3.05, 3.63) is 36.5 Å². The number of aromatic nitrogens is 1. The number of carboxylic acid groups (broad SMARTS) is 1. The second-order valence-corrected chi connectivity index (χ2v) is 16.8. The van der Waals surface area contributed by atoms with Crippen LogP contribution in [0.2, 0.25) is 0 Å². The minimum absolute atomic E-state index is 0.0217. The van der Waals surface area contributed by atoms with E-state index < -0.39 is 74.7 Å². The molecule has 2 aliphatic heterocycles. The van der Waals surface area contributed by atoms with Crippen LogP contribution in [0.25, 0.3) is 10.8 Å². The third-order valence-electron chi connectivity index (χ3n) is 10.7. The number of nitrogens with zero attached hydrogens (tertiary/aromatic N) is 2. The van der Waals surface area contributed by atoms with E-state index in [9.17, 15) is 32.7 Å². The van der Waals surface area contributed by atoms with Gasteiger partial charge in [0, 0.05) is 30.2 Å². The second kappa shape index (κ2) is 16.0. The lowest BCUT2D eigenvalue weighted by molar-refractivity contribution is -0.142. The third-order valence-corrected chi connectivity index (χ3v) is 12.6. The molecule has 0 bridgehead atoms. The largest absolute Gasteiger partial charge is 0.497 e. The first kappa shape index (κ1) is 39.1. The van der Waals surface area contributed by atoms with Crippen LogP contribution in [0, 0.1) is 17.8 Å². The Balaban J connectivity index is 1.33. The van der Waals surface area contributed by atoms with E-state index in [4.69, 9.17) is 18.9 Å². The monoisotopic (exact) mass is 771 g/mol. The third kappa shape index (κ3) is 8.51. The second-order valence-electron chi connectivity index (χ2n) is 14.9. The SMILES string of the molecule is COCCOc1cnc(O[C@@H]2C[C@H]3C(=O)N[C@]4(C(=O)NS(=O)(=O)C5CC5)C[C@H]4/C=C\CC[C@@H](C)C[C@@H](C)[C@H](NC(=O)O)C(=O)N3C2)c2ccc(OC)cc12.